The summed E-state index contributed by atoms with van der Waals surface area (Å²) >= 11 is 1.61. The molecule has 1 aliphatic rings. The van der Waals surface area contributed by atoms with E-state index in [9.17, 15) is 0 Å². The summed E-state index contributed by atoms with van der Waals surface area (Å²) in [5.74, 6) is 0. The molecule has 2 rings (SSSR count). The van der Waals surface area contributed by atoms with Crippen LogP contribution in [0.1, 0.15) is 16.7 Å². The fourth-order valence-corrected chi connectivity index (χ4v) is 2.16. The molecule has 3 nitrogen and oxygen atoms in total. The predicted molar refractivity (Wildman–Crippen MR) is 55.1 cm³/mol. The second-order valence-corrected chi connectivity index (χ2v) is 3.88. The lowest BCUT2D eigenvalue weighted by Crippen LogP contribution is -1.93. The van der Waals surface area contributed by atoms with Crippen molar-refractivity contribution in [3.8, 4) is 0 Å². The van der Waals surface area contributed by atoms with Crippen molar-refractivity contribution in [3.05, 3.63) is 28.0 Å². The third-order valence-electron chi connectivity index (χ3n) is 1.91. The maximum Gasteiger partial charge on any atom is 0.193 e. The van der Waals surface area contributed by atoms with E-state index in [1.807, 2.05) is 17.5 Å². The fourth-order valence-electron chi connectivity index (χ4n) is 1.29. The highest BCUT2D eigenvalue weighted by Crippen LogP contribution is 2.29. The summed E-state index contributed by atoms with van der Waals surface area (Å²) in [5, 5.41) is 10.6. The minimum atomic E-state index is -0.184. The Morgan fingerprint density at radius 1 is 1.50 bits per heavy atom. The Balaban J connectivity index is 2.05. The summed E-state index contributed by atoms with van der Waals surface area (Å²) in [6.45, 7) is 1.41. The van der Waals surface area contributed by atoms with Gasteiger partial charge < -0.3 is 14.6 Å². The zero-order valence-corrected chi connectivity index (χ0v) is 8.50. The molecule has 14 heavy (non-hydrogen) atoms. The summed E-state index contributed by atoms with van der Waals surface area (Å²) in [6.07, 6.45) is 3.41. The Kier molecular flexibility index (Phi) is 3.31. The summed E-state index contributed by atoms with van der Waals surface area (Å²) in [6, 6.07) is 2.02. The van der Waals surface area contributed by atoms with Gasteiger partial charge in [-0.25, -0.2) is 0 Å². The van der Waals surface area contributed by atoms with Crippen LogP contribution in [-0.4, -0.2) is 24.9 Å². The van der Waals surface area contributed by atoms with Crippen LogP contribution in [0.2, 0.25) is 0 Å². The summed E-state index contributed by atoms with van der Waals surface area (Å²) in [7, 11) is 0. The molecular weight excluding hydrogens is 200 g/mol. The van der Waals surface area contributed by atoms with Gasteiger partial charge in [0.2, 0.25) is 0 Å². The predicted octanol–water partition coefficient (Wildman–Crippen LogP) is 1.80. The number of hydrogen-bond acceptors (Lipinski definition) is 4. The van der Waals surface area contributed by atoms with E-state index in [-0.39, 0.29) is 12.9 Å². The van der Waals surface area contributed by atoms with E-state index in [0.29, 0.717) is 13.2 Å². The van der Waals surface area contributed by atoms with E-state index < -0.39 is 0 Å². The second kappa shape index (κ2) is 4.70. The van der Waals surface area contributed by atoms with Crippen LogP contribution in [0.15, 0.2) is 17.5 Å². The molecule has 1 saturated heterocycles. The molecule has 0 aliphatic carbocycles. The summed E-state index contributed by atoms with van der Waals surface area (Å²) in [4.78, 5) is 1.08. The van der Waals surface area contributed by atoms with Crippen molar-refractivity contribution in [3.63, 3.8) is 0 Å². The third kappa shape index (κ3) is 2.22. The zero-order valence-electron chi connectivity index (χ0n) is 7.68. The second-order valence-electron chi connectivity index (χ2n) is 2.94. The molecule has 76 valence electrons. The van der Waals surface area contributed by atoms with Gasteiger partial charge in [-0.3, -0.25) is 0 Å². The van der Waals surface area contributed by atoms with E-state index >= 15 is 0 Å². The lowest BCUT2D eigenvalue weighted by atomic mass is 10.3. The van der Waals surface area contributed by atoms with Gasteiger partial charge in [-0.2, -0.15) is 0 Å². The number of hydrogen-bond donors (Lipinski definition) is 1. The van der Waals surface area contributed by atoms with Crippen molar-refractivity contribution in [2.75, 3.05) is 19.8 Å². The van der Waals surface area contributed by atoms with Gasteiger partial charge in [0.05, 0.1) is 24.7 Å². The Morgan fingerprint density at radius 2 is 2.29 bits per heavy atom. The van der Waals surface area contributed by atoms with Gasteiger partial charge in [0.25, 0.3) is 0 Å². The van der Waals surface area contributed by atoms with Crippen LogP contribution in [0, 0.1) is 0 Å². The van der Waals surface area contributed by atoms with Crippen LogP contribution in [0.25, 0.3) is 6.08 Å². The van der Waals surface area contributed by atoms with Crippen molar-refractivity contribution >= 4 is 17.4 Å². The first kappa shape index (κ1) is 9.86. The minimum Gasteiger partial charge on any atom is -0.392 e. The van der Waals surface area contributed by atoms with Gasteiger partial charge in [-0.1, -0.05) is 12.2 Å². The van der Waals surface area contributed by atoms with Crippen LogP contribution in [0.5, 0.6) is 0 Å². The molecule has 0 unspecified atom stereocenters. The first-order valence-corrected chi connectivity index (χ1v) is 5.37. The van der Waals surface area contributed by atoms with Crippen molar-refractivity contribution in [1.82, 2.24) is 0 Å². The Morgan fingerprint density at radius 3 is 3.00 bits per heavy atom. The molecule has 0 aromatic carbocycles. The van der Waals surface area contributed by atoms with Crippen LogP contribution >= 0.6 is 11.3 Å². The summed E-state index contributed by atoms with van der Waals surface area (Å²) < 4.78 is 10.7. The topological polar surface area (TPSA) is 38.7 Å². The van der Waals surface area contributed by atoms with E-state index in [4.69, 9.17) is 14.6 Å². The van der Waals surface area contributed by atoms with Crippen LogP contribution in [-0.2, 0) is 9.47 Å². The van der Waals surface area contributed by atoms with Crippen molar-refractivity contribution in [1.29, 1.82) is 0 Å². The van der Waals surface area contributed by atoms with Gasteiger partial charge in [-0.15, -0.1) is 11.3 Å². The number of aliphatic hydroxyl groups excluding tert-OH is 1. The largest absolute Gasteiger partial charge is 0.392 e. The molecule has 2 heterocycles. The molecule has 1 aliphatic heterocycles. The molecule has 0 spiro atoms. The summed E-state index contributed by atoms with van der Waals surface area (Å²) in [5.41, 5.74) is 1.08. The quantitative estimate of drug-likeness (QED) is 0.830. The lowest BCUT2D eigenvalue weighted by molar-refractivity contribution is -0.0413. The van der Waals surface area contributed by atoms with Crippen molar-refractivity contribution in [2.45, 2.75) is 6.29 Å². The molecule has 0 bridgehead atoms. The van der Waals surface area contributed by atoms with Crippen molar-refractivity contribution in [2.24, 2.45) is 0 Å². The first-order chi connectivity index (χ1) is 6.90. The van der Waals surface area contributed by atoms with E-state index in [1.165, 1.54) is 0 Å². The molecule has 1 N–H and O–H groups in total. The molecule has 1 aromatic rings. The normalized spacial score (nSPS) is 18.4. The monoisotopic (exact) mass is 212 g/mol. The van der Waals surface area contributed by atoms with Crippen LogP contribution in [0.3, 0.4) is 0 Å². The average molecular weight is 212 g/mol. The van der Waals surface area contributed by atoms with Gasteiger partial charge in [-0.05, 0) is 17.0 Å². The smallest absolute Gasteiger partial charge is 0.193 e. The SMILES string of the molecule is OCC=Cc1csc(C2OCCO2)c1. The maximum absolute atomic E-state index is 8.61. The highest BCUT2D eigenvalue weighted by Gasteiger charge is 2.19. The van der Waals surface area contributed by atoms with Crippen LogP contribution < -0.4 is 0 Å². The highest BCUT2D eigenvalue weighted by molar-refractivity contribution is 7.10. The van der Waals surface area contributed by atoms with Crippen molar-refractivity contribution < 1.29 is 14.6 Å². The fraction of sp³-hybridized carbons (Fsp3) is 0.400. The minimum absolute atomic E-state index is 0.0710. The molecular formula is C10H12O3S. The highest BCUT2D eigenvalue weighted by atomic mass is 32.1. The van der Waals surface area contributed by atoms with Gasteiger partial charge >= 0.3 is 0 Å². The van der Waals surface area contributed by atoms with Gasteiger partial charge in [0.15, 0.2) is 6.29 Å². The zero-order chi connectivity index (χ0) is 9.80. The Labute approximate surface area is 86.6 Å². The number of aliphatic hydroxyl groups is 1. The number of rotatable bonds is 3. The standard InChI is InChI=1S/C10H12O3S/c11-3-1-2-8-6-9(14-7-8)10-12-4-5-13-10/h1-2,6-7,10-11H,3-5H2. The van der Waals surface area contributed by atoms with Gasteiger partial charge in [0.1, 0.15) is 0 Å². The molecule has 0 atom stereocenters. The molecule has 0 radical (unpaired) electrons. The molecule has 4 heteroatoms. The average Bonchev–Trinajstić information content (AvgIpc) is 2.85. The molecule has 0 amide bonds. The number of thiophene rings is 1. The Hall–Kier alpha value is -0.680. The third-order valence-corrected chi connectivity index (χ3v) is 2.88. The molecule has 1 fully saturated rings. The van der Waals surface area contributed by atoms with Gasteiger partial charge in [0, 0.05) is 0 Å². The van der Waals surface area contributed by atoms with Crippen LogP contribution in [0.4, 0.5) is 0 Å². The van der Waals surface area contributed by atoms with E-state index in [1.54, 1.807) is 17.4 Å². The maximum atomic E-state index is 8.61. The first-order valence-electron chi connectivity index (χ1n) is 4.49. The number of ether oxygens (including phenoxy) is 2. The lowest BCUT2D eigenvalue weighted by Gasteiger charge is -2.04. The molecule has 0 saturated carbocycles. The molecule has 1 aromatic heterocycles. The Bertz CT molecular complexity index is 313. The van der Waals surface area contributed by atoms with E-state index in [0.717, 1.165) is 10.4 Å². The van der Waals surface area contributed by atoms with E-state index in [2.05, 4.69) is 0 Å².